The third-order valence-corrected chi connectivity index (χ3v) is 3.47. The van der Waals surface area contributed by atoms with Crippen molar-refractivity contribution in [2.75, 3.05) is 6.54 Å². The van der Waals surface area contributed by atoms with Crippen LogP contribution in [0.1, 0.15) is 66.2 Å². The average Bonchev–Trinajstić information content (AvgIpc) is 2.41. The van der Waals surface area contributed by atoms with Crippen molar-refractivity contribution in [2.45, 2.75) is 72.3 Å². The van der Waals surface area contributed by atoms with Gasteiger partial charge in [-0.3, -0.25) is 14.4 Å². The molecule has 2 N–H and O–H groups in total. The maximum Gasteiger partial charge on any atom is 0.239 e. The highest BCUT2D eigenvalue weighted by atomic mass is 16.2. The van der Waals surface area contributed by atoms with Gasteiger partial charge in [-0.25, -0.2) is 0 Å². The van der Waals surface area contributed by atoms with Gasteiger partial charge in [0.2, 0.25) is 11.8 Å². The van der Waals surface area contributed by atoms with Gasteiger partial charge < -0.3 is 10.6 Å². The molecule has 5 nitrogen and oxygen atoms in total. The second-order valence-electron chi connectivity index (χ2n) is 5.87. The van der Waals surface area contributed by atoms with Gasteiger partial charge in [0.1, 0.15) is 5.78 Å². The van der Waals surface area contributed by atoms with E-state index in [1.165, 1.54) is 0 Å². The van der Waals surface area contributed by atoms with Gasteiger partial charge in [-0.05, 0) is 32.1 Å². The first-order chi connectivity index (χ1) is 9.86. The Kier molecular flexibility index (Phi) is 10.5. The number of hydrogen-bond acceptors (Lipinski definition) is 3. The molecule has 5 heteroatoms. The molecule has 0 aliphatic carbocycles. The Morgan fingerprint density at radius 1 is 0.905 bits per heavy atom. The lowest BCUT2D eigenvalue weighted by atomic mass is 10.1. The van der Waals surface area contributed by atoms with E-state index in [0.717, 1.165) is 12.8 Å². The van der Waals surface area contributed by atoms with E-state index in [0.29, 0.717) is 31.6 Å². The van der Waals surface area contributed by atoms with E-state index in [-0.39, 0.29) is 30.2 Å². The maximum atomic E-state index is 11.6. The third kappa shape index (κ3) is 11.0. The number of carbonyl (C=O) groups is 3. The van der Waals surface area contributed by atoms with Crippen LogP contribution in [0.15, 0.2) is 0 Å². The van der Waals surface area contributed by atoms with Crippen LogP contribution in [0.3, 0.4) is 0 Å². The van der Waals surface area contributed by atoms with Gasteiger partial charge in [-0.2, -0.15) is 0 Å². The SMILES string of the molecule is CCCC(=O)CCCCC(=O)NCC(=O)NC(C)C(C)C. The molecule has 122 valence electrons. The van der Waals surface area contributed by atoms with E-state index in [9.17, 15) is 14.4 Å². The number of rotatable bonds is 11. The number of ketones is 1. The highest BCUT2D eigenvalue weighted by molar-refractivity contribution is 5.84. The summed E-state index contributed by atoms with van der Waals surface area (Å²) in [5.41, 5.74) is 0. The van der Waals surface area contributed by atoms with E-state index >= 15 is 0 Å². The predicted octanol–water partition coefficient (Wildman–Crippen LogP) is 2.19. The quantitative estimate of drug-likeness (QED) is 0.574. The lowest BCUT2D eigenvalue weighted by Gasteiger charge is -2.17. The second kappa shape index (κ2) is 11.3. The molecule has 1 atom stereocenters. The average molecular weight is 298 g/mol. The number of unbranched alkanes of at least 4 members (excludes halogenated alkanes) is 1. The van der Waals surface area contributed by atoms with Crippen LogP contribution in [0, 0.1) is 5.92 Å². The lowest BCUT2D eigenvalue weighted by Crippen LogP contribution is -2.42. The van der Waals surface area contributed by atoms with Crippen LogP contribution >= 0.6 is 0 Å². The minimum absolute atomic E-state index is 0.0185. The van der Waals surface area contributed by atoms with E-state index in [4.69, 9.17) is 0 Å². The molecule has 1 unspecified atom stereocenters. The first kappa shape index (κ1) is 19.6. The zero-order valence-corrected chi connectivity index (χ0v) is 13.8. The topological polar surface area (TPSA) is 75.3 Å². The zero-order chi connectivity index (χ0) is 16.3. The first-order valence-electron chi connectivity index (χ1n) is 7.94. The van der Waals surface area contributed by atoms with Crippen LogP contribution in [-0.4, -0.2) is 30.2 Å². The van der Waals surface area contributed by atoms with E-state index in [1.807, 2.05) is 27.7 Å². The van der Waals surface area contributed by atoms with Crippen molar-refractivity contribution in [1.82, 2.24) is 10.6 Å². The first-order valence-corrected chi connectivity index (χ1v) is 7.94. The highest BCUT2D eigenvalue weighted by Crippen LogP contribution is 2.04. The molecule has 21 heavy (non-hydrogen) atoms. The normalized spacial score (nSPS) is 12.0. The van der Waals surface area contributed by atoms with Gasteiger partial charge in [0.25, 0.3) is 0 Å². The van der Waals surface area contributed by atoms with Crippen molar-refractivity contribution in [3.05, 3.63) is 0 Å². The van der Waals surface area contributed by atoms with Crippen LogP contribution in [0.4, 0.5) is 0 Å². The molecule has 0 aromatic rings. The molecule has 0 aromatic heterocycles. The molecule has 2 amide bonds. The van der Waals surface area contributed by atoms with Crippen LogP contribution in [0.25, 0.3) is 0 Å². The minimum atomic E-state index is -0.164. The summed E-state index contributed by atoms with van der Waals surface area (Å²) in [5.74, 6) is 0.332. The standard InChI is InChI=1S/C16H30N2O3/c1-5-8-14(19)9-6-7-10-15(20)17-11-16(21)18-13(4)12(2)3/h12-13H,5-11H2,1-4H3,(H,17,20)(H,18,21). The van der Waals surface area contributed by atoms with Crippen molar-refractivity contribution in [3.8, 4) is 0 Å². The fraction of sp³-hybridized carbons (Fsp3) is 0.812. The molecular formula is C16H30N2O3. The molecule has 0 fully saturated rings. The van der Waals surface area contributed by atoms with Crippen molar-refractivity contribution in [1.29, 1.82) is 0 Å². The van der Waals surface area contributed by atoms with Gasteiger partial charge in [-0.15, -0.1) is 0 Å². The monoisotopic (exact) mass is 298 g/mol. The van der Waals surface area contributed by atoms with E-state index < -0.39 is 0 Å². The Balaban J connectivity index is 3.67. The molecule has 0 spiro atoms. The number of nitrogens with one attached hydrogen (secondary N) is 2. The summed E-state index contributed by atoms with van der Waals surface area (Å²) >= 11 is 0. The molecule has 0 aliphatic heterocycles. The van der Waals surface area contributed by atoms with Crippen molar-refractivity contribution >= 4 is 17.6 Å². The van der Waals surface area contributed by atoms with Crippen molar-refractivity contribution < 1.29 is 14.4 Å². The summed E-state index contributed by atoms with van der Waals surface area (Å²) in [5, 5.41) is 5.44. The lowest BCUT2D eigenvalue weighted by molar-refractivity contribution is -0.126. The number of hydrogen-bond donors (Lipinski definition) is 2. The van der Waals surface area contributed by atoms with Crippen LogP contribution in [0.5, 0.6) is 0 Å². The number of amides is 2. The molecule has 0 aromatic carbocycles. The molecule has 0 saturated heterocycles. The fourth-order valence-electron chi connectivity index (χ4n) is 1.75. The molecular weight excluding hydrogens is 268 g/mol. The van der Waals surface area contributed by atoms with Crippen molar-refractivity contribution in [3.63, 3.8) is 0 Å². The summed E-state index contributed by atoms with van der Waals surface area (Å²) in [7, 11) is 0. The Morgan fingerprint density at radius 2 is 1.52 bits per heavy atom. The zero-order valence-electron chi connectivity index (χ0n) is 13.8. The summed E-state index contributed by atoms with van der Waals surface area (Å²) in [4.78, 5) is 34.5. The van der Waals surface area contributed by atoms with E-state index in [2.05, 4.69) is 10.6 Å². The Hall–Kier alpha value is -1.39. The Morgan fingerprint density at radius 3 is 2.10 bits per heavy atom. The minimum Gasteiger partial charge on any atom is -0.352 e. The van der Waals surface area contributed by atoms with Gasteiger partial charge in [-0.1, -0.05) is 20.8 Å². The highest BCUT2D eigenvalue weighted by Gasteiger charge is 2.11. The van der Waals surface area contributed by atoms with Crippen LogP contribution in [-0.2, 0) is 14.4 Å². The molecule has 0 heterocycles. The molecule has 0 bridgehead atoms. The largest absolute Gasteiger partial charge is 0.352 e. The number of carbonyl (C=O) groups excluding carboxylic acids is 3. The Bertz CT molecular complexity index is 340. The molecule has 0 aliphatic rings. The Labute approximate surface area is 128 Å². The molecule has 0 rings (SSSR count). The molecule has 0 radical (unpaired) electrons. The predicted molar refractivity (Wildman–Crippen MR) is 83.8 cm³/mol. The van der Waals surface area contributed by atoms with Crippen molar-refractivity contribution in [2.24, 2.45) is 5.92 Å². The summed E-state index contributed by atoms with van der Waals surface area (Å²) < 4.78 is 0. The van der Waals surface area contributed by atoms with Gasteiger partial charge in [0.05, 0.1) is 6.54 Å². The summed E-state index contributed by atoms with van der Waals surface area (Å²) in [6.45, 7) is 8.01. The van der Waals surface area contributed by atoms with Gasteiger partial charge in [0, 0.05) is 25.3 Å². The maximum absolute atomic E-state index is 11.6. The van der Waals surface area contributed by atoms with Gasteiger partial charge >= 0.3 is 0 Å². The van der Waals surface area contributed by atoms with Gasteiger partial charge in [0.15, 0.2) is 0 Å². The second-order valence-corrected chi connectivity index (χ2v) is 5.87. The fourth-order valence-corrected chi connectivity index (χ4v) is 1.75. The summed E-state index contributed by atoms with van der Waals surface area (Å²) in [6.07, 6.45) is 3.84. The van der Waals surface area contributed by atoms with E-state index in [1.54, 1.807) is 0 Å². The molecule has 0 saturated carbocycles. The van der Waals surface area contributed by atoms with Crippen LogP contribution < -0.4 is 10.6 Å². The van der Waals surface area contributed by atoms with Crippen LogP contribution in [0.2, 0.25) is 0 Å². The third-order valence-electron chi connectivity index (χ3n) is 3.47. The number of Topliss-reactive ketones (excluding diaryl/α,β-unsaturated/α-hetero) is 1. The summed E-state index contributed by atoms with van der Waals surface area (Å²) in [6, 6.07) is 0.0963. The smallest absolute Gasteiger partial charge is 0.239 e.